The summed E-state index contributed by atoms with van der Waals surface area (Å²) in [5.41, 5.74) is 4.22. The molecule has 0 radical (unpaired) electrons. The summed E-state index contributed by atoms with van der Waals surface area (Å²) in [6.45, 7) is 15.7. The number of allylic oxidation sites excluding steroid dienone is 2. The fourth-order valence-corrected chi connectivity index (χ4v) is 9.29. The maximum absolute atomic E-state index is 2.88. The van der Waals surface area contributed by atoms with Gasteiger partial charge in [-0.15, -0.1) is 0 Å². The molecule has 0 bridgehead atoms. The summed E-state index contributed by atoms with van der Waals surface area (Å²) >= 11 is 0. The first-order valence-electron chi connectivity index (χ1n) is 11.4. The van der Waals surface area contributed by atoms with Crippen LogP contribution in [0.4, 0.5) is 0 Å². The van der Waals surface area contributed by atoms with Crippen molar-refractivity contribution in [3.63, 3.8) is 0 Å². The van der Waals surface area contributed by atoms with Crippen molar-refractivity contribution in [2.75, 3.05) is 0 Å². The zero-order valence-electron chi connectivity index (χ0n) is 17.6. The van der Waals surface area contributed by atoms with Crippen molar-refractivity contribution in [2.45, 2.75) is 92.9 Å². The maximum Gasteiger partial charge on any atom is -0.00593 e. The minimum absolute atomic E-state index is 0.509. The van der Waals surface area contributed by atoms with Crippen LogP contribution in [0.3, 0.4) is 0 Å². The molecule has 0 heteroatoms. The van der Waals surface area contributed by atoms with Gasteiger partial charge in [-0.1, -0.05) is 59.6 Å². The summed E-state index contributed by atoms with van der Waals surface area (Å²) in [6.07, 6.45) is 14.8. The Morgan fingerprint density at radius 3 is 2.40 bits per heavy atom. The minimum Gasteiger partial charge on any atom is -0.0782 e. The Kier molecular flexibility index (Phi) is 3.22. The van der Waals surface area contributed by atoms with Crippen LogP contribution >= 0.6 is 0 Å². The van der Waals surface area contributed by atoms with Crippen LogP contribution in [0, 0.1) is 51.2 Å². The topological polar surface area (TPSA) is 0 Å². The zero-order chi connectivity index (χ0) is 17.8. The minimum atomic E-state index is 0.509. The predicted octanol–water partition coefficient (Wildman–Crippen LogP) is 7.25. The van der Waals surface area contributed by atoms with Crippen LogP contribution in [0.5, 0.6) is 0 Å². The van der Waals surface area contributed by atoms with Crippen LogP contribution in [-0.2, 0) is 0 Å². The molecule has 5 aliphatic carbocycles. The Labute approximate surface area is 156 Å². The lowest BCUT2D eigenvalue weighted by Gasteiger charge is -2.53. The summed E-state index contributed by atoms with van der Waals surface area (Å²) in [5.74, 6) is 4.70. The van der Waals surface area contributed by atoms with Gasteiger partial charge in [0.2, 0.25) is 0 Å². The summed E-state index contributed by atoms with van der Waals surface area (Å²) in [4.78, 5) is 0. The van der Waals surface area contributed by atoms with Crippen LogP contribution in [0.1, 0.15) is 92.9 Å². The molecule has 0 aromatic rings. The molecule has 8 atom stereocenters. The summed E-state index contributed by atoms with van der Waals surface area (Å²) in [5, 5.41) is 0. The van der Waals surface area contributed by atoms with E-state index in [-0.39, 0.29) is 0 Å². The average Bonchev–Trinajstić information content (AvgIpc) is 3.16. The molecule has 0 saturated heterocycles. The van der Waals surface area contributed by atoms with Gasteiger partial charge in [-0.05, 0) is 96.2 Å². The molecule has 0 unspecified atom stereocenters. The Balaban J connectivity index is 1.61. The standard InChI is InChI=1S/C25H40/c1-16(2)17-8-11-22(3)12-13-23(4)15-19-18(21(23)20(17)22)14-24(5)9-7-10-25(19,24)6/h15-18,20-21H,7-14H2,1-6H3/t17-,18+,20+,21+,22+,23-,24+,25-/m1/s1. The highest BCUT2D eigenvalue weighted by molar-refractivity contribution is 5.38. The Morgan fingerprint density at radius 1 is 0.920 bits per heavy atom. The molecule has 0 aliphatic heterocycles. The number of hydrogen-bond donors (Lipinski definition) is 0. The van der Waals surface area contributed by atoms with E-state index in [1.807, 2.05) is 5.57 Å². The van der Waals surface area contributed by atoms with E-state index in [4.69, 9.17) is 0 Å². The second kappa shape index (κ2) is 4.77. The van der Waals surface area contributed by atoms with Crippen molar-refractivity contribution in [1.29, 1.82) is 0 Å². The quantitative estimate of drug-likeness (QED) is 0.441. The van der Waals surface area contributed by atoms with Gasteiger partial charge in [-0.3, -0.25) is 0 Å². The van der Waals surface area contributed by atoms with Crippen LogP contribution in [0.15, 0.2) is 11.6 Å². The lowest BCUT2D eigenvalue weighted by atomic mass is 9.51. The van der Waals surface area contributed by atoms with Gasteiger partial charge in [0.1, 0.15) is 0 Å². The van der Waals surface area contributed by atoms with Gasteiger partial charge in [0.15, 0.2) is 0 Å². The van der Waals surface area contributed by atoms with Gasteiger partial charge in [0.25, 0.3) is 0 Å². The van der Waals surface area contributed by atoms with Crippen molar-refractivity contribution in [1.82, 2.24) is 0 Å². The summed E-state index contributed by atoms with van der Waals surface area (Å²) in [7, 11) is 0. The fraction of sp³-hybridized carbons (Fsp3) is 0.920. The number of rotatable bonds is 1. The van der Waals surface area contributed by atoms with E-state index >= 15 is 0 Å². The molecule has 0 spiro atoms. The highest BCUT2D eigenvalue weighted by atomic mass is 14.7. The van der Waals surface area contributed by atoms with E-state index in [9.17, 15) is 0 Å². The monoisotopic (exact) mass is 340 g/mol. The summed E-state index contributed by atoms with van der Waals surface area (Å²) < 4.78 is 0. The van der Waals surface area contributed by atoms with Crippen molar-refractivity contribution in [3.05, 3.63) is 11.6 Å². The van der Waals surface area contributed by atoms with Crippen LogP contribution in [0.25, 0.3) is 0 Å². The molecule has 0 heterocycles. The zero-order valence-corrected chi connectivity index (χ0v) is 17.6. The van der Waals surface area contributed by atoms with Gasteiger partial charge in [-0.2, -0.15) is 0 Å². The van der Waals surface area contributed by atoms with Crippen molar-refractivity contribution in [3.8, 4) is 0 Å². The summed E-state index contributed by atoms with van der Waals surface area (Å²) in [6, 6.07) is 0. The van der Waals surface area contributed by atoms with Crippen LogP contribution in [-0.4, -0.2) is 0 Å². The third kappa shape index (κ3) is 1.86. The molecule has 5 rings (SSSR count). The SMILES string of the molecule is CC(C)[C@H]1CC[C@@]2(C)CC[C@]3(C)C=C4[C@H](C[C@]5(C)CCC[C@]45C)[C@H]3[C@H]12. The molecule has 140 valence electrons. The third-order valence-corrected chi connectivity index (χ3v) is 10.9. The highest BCUT2D eigenvalue weighted by Crippen LogP contribution is 2.77. The Bertz CT molecular complexity index is 628. The first-order valence-corrected chi connectivity index (χ1v) is 11.4. The van der Waals surface area contributed by atoms with Crippen molar-refractivity contribution >= 4 is 0 Å². The molecular formula is C25H40. The molecular weight excluding hydrogens is 300 g/mol. The van der Waals surface area contributed by atoms with Crippen molar-refractivity contribution < 1.29 is 0 Å². The van der Waals surface area contributed by atoms with E-state index in [1.165, 1.54) is 51.4 Å². The van der Waals surface area contributed by atoms with E-state index in [0.717, 1.165) is 29.6 Å². The van der Waals surface area contributed by atoms with Gasteiger partial charge in [0.05, 0.1) is 0 Å². The molecule has 0 aromatic heterocycles. The number of hydrogen-bond acceptors (Lipinski definition) is 0. The fourth-order valence-electron chi connectivity index (χ4n) is 9.29. The van der Waals surface area contributed by atoms with Gasteiger partial charge in [-0.25, -0.2) is 0 Å². The van der Waals surface area contributed by atoms with Gasteiger partial charge in [0, 0.05) is 0 Å². The molecule has 25 heavy (non-hydrogen) atoms. The van der Waals surface area contributed by atoms with E-state index < -0.39 is 0 Å². The van der Waals surface area contributed by atoms with Crippen molar-refractivity contribution in [2.24, 2.45) is 51.2 Å². The van der Waals surface area contributed by atoms with E-state index in [2.05, 4.69) is 47.6 Å². The van der Waals surface area contributed by atoms with Gasteiger partial charge < -0.3 is 0 Å². The third-order valence-electron chi connectivity index (χ3n) is 10.9. The second-order valence-corrected chi connectivity index (χ2v) is 12.3. The van der Waals surface area contributed by atoms with Gasteiger partial charge >= 0.3 is 0 Å². The normalized spacial score (nSPS) is 59.6. The first kappa shape index (κ1) is 16.9. The van der Waals surface area contributed by atoms with Crippen LogP contribution in [0.2, 0.25) is 0 Å². The lowest BCUT2D eigenvalue weighted by molar-refractivity contribution is -0.0370. The second-order valence-electron chi connectivity index (χ2n) is 12.3. The Hall–Kier alpha value is -0.260. The molecule has 0 aromatic carbocycles. The molecule has 0 amide bonds. The largest absolute Gasteiger partial charge is 0.0782 e. The highest BCUT2D eigenvalue weighted by Gasteiger charge is 2.68. The smallest absolute Gasteiger partial charge is 0.00593 e. The Morgan fingerprint density at radius 2 is 1.68 bits per heavy atom. The van der Waals surface area contributed by atoms with E-state index in [1.54, 1.807) is 0 Å². The van der Waals surface area contributed by atoms with E-state index in [0.29, 0.717) is 21.7 Å². The van der Waals surface area contributed by atoms with Crippen LogP contribution < -0.4 is 0 Å². The molecule has 4 saturated carbocycles. The molecule has 4 fully saturated rings. The molecule has 0 nitrogen and oxygen atoms in total. The maximum atomic E-state index is 2.88. The molecule has 5 aliphatic rings. The molecule has 0 N–H and O–H groups in total. The predicted molar refractivity (Wildman–Crippen MR) is 106 cm³/mol. The lowest BCUT2D eigenvalue weighted by Crippen LogP contribution is -2.47. The first-order chi connectivity index (χ1) is 11.6. The number of fused-ring (bicyclic) bond motifs is 7. The average molecular weight is 341 g/mol.